The SMILES string of the molecule is COc1ccc(-c2cncc(C(=O)N3CCC(O)(C(=O)O)CC3)c2)cc1. The maximum atomic E-state index is 12.7. The molecular weight excluding hydrogens is 336 g/mol. The second-order valence-electron chi connectivity index (χ2n) is 6.32. The van der Waals surface area contributed by atoms with Gasteiger partial charge < -0.3 is 19.8 Å². The van der Waals surface area contributed by atoms with Crippen LogP contribution in [-0.4, -0.2) is 57.8 Å². The highest BCUT2D eigenvalue weighted by molar-refractivity contribution is 5.95. The molecule has 3 rings (SSSR count). The zero-order valence-electron chi connectivity index (χ0n) is 14.4. The van der Waals surface area contributed by atoms with E-state index in [9.17, 15) is 14.7 Å². The number of ether oxygens (including phenoxy) is 1. The molecule has 1 aliphatic heterocycles. The number of piperidine rings is 1. The van der Waals surface area contributed by atoms with E-state index in [1.54, 1.807) is 24.3 Å². The molecule has 0 spiro atoms. The molecule has 0 unspecified atom stereocenters. The number of carbonyl (C=O) groups is 2. The van der Waals surface area contributed by atoms with Crippen LogP contribution in [0.25, 0.3) is 11.1 Å². The van der Waals surface area contributed by atoms with Gasteiger partial charge in [0.05, 0.1) is 12.7 Å². The number of nitrogens with zero attached hydrogens (tertiary/aromatic N) is 2. The Balaban J connectivity index is 1.75. The van der Waals surface area contributed by atoms with Crippen molar-refractivity contribution in [1.82, 2.24) is 9.88 Å². The highest BCUT2D eigenvalue weighted by atomic mass is 16.5. The normalized spacial score (nSPS) is 16.2. The Hall–Kier alpha value is -2.93. The molecule has 1 fully saturated rings. The smallest absolute Gasteiger partial charge is 0.335 e. The highest BCUT2D eigenvalue weighted by Crippen LogP contribution is 2.26. The average molecular weight is 356 g/mol. The van der Waals surface area contributed by atoms with Crippen LogP contribution in [0.4, 0.5) is 0 Å². The van der Waals surface area contributed by atoms with E-state index in [1.165, 1.54) is 6.20 Å². The van der Waals surface area contributed by atoms with Gasteiger partial charge in [-0.1, -0.05) is 12.1 Å². The van der Waals surface area contributed by atoms with Crippen molar-refractivity contribution in [1.29, 1.82) is 0 Å². The van der Waals surface area contributed by atoms with Gasteiger partial charge in [0.2, 0.25) is 0 Å². The predicted octanol–water partition coefficient (Wildman–Crippen LogP) is 1.81. The zero-order chi connectivity index (χ0) is 18.7. The Kier molecular flexibility index (Phi) is 4.90. The van der Waals surface area contributed by atoms with Gasteiger partial charge in [-0.3, -0.25) is 9.78 Å². The summed E-state index contributed by atoms with van der Waals surface area (Å²) in [6, 6.07) is 9.20. The fourth-order valence-corrected chi connectivity index (χ4v) is 2.97. The number of rotatable bonds is 4. The molecular formula is C19H20N2O5. The number of aliphatic carboxylic acids is 1. The summed E-state index contributed by atoms with van der Waals surface area (Å²) in [7, 11) is 1.60. The van der Waals surface area contributed by atoms with Crippen molar-refractivity contribution in [3.63, 3.8) is 0 Å². The predicted molar refractivity (Wildman–Crippen MR) is 93.9 cm³/mol. The first kappa shape index (κ1) is 17.9. The number of aliphatic hydroxyl groups is 1. The lowest BCUT2D eigenvalue weighted by Crippen LogP contribution is -2.50. The van der Waals surface area contributed by atoms with Crippen LogP contribution < -0.4 is 4.74 Å². The van der Waals surface area contributed by atoms with Crippen molar-refractivity contribution >= 4 is 11.9 Å². The molecule has 26 heavy (non-hydrogen) atoms. The number of hydrogen-bond acceptors (Lipinski definition) is 5. The largest absolute Gasteiger partial charge is 0.497 e. The van der Waals surface area contributed by atoms with Crippen LogP contribution in [0.15, 0.2) is 42.7 Å². The number of pyridine rings is 1. The van der Waals surface area contributed by atoms with Crippen molar-refractivity contribution < 1.29 is 24.5 Å². The second-order valence-corrected chi connectivity index (χ2v) is 6.32. The molecule has 1 aromatic heterocycles. The molecule has 0 saturated carbocycles. The molecule has 0 radical (unpaired) electrons. The Bertz CT molecular complexity index is 811. The first-order valence-electron chi connectivity index (χ1n) is 8.27. The molecule has 0 aliphatic carbocycles. The molecule has 136 valence electrons. The zero-order valence-corrected chi connectivity index (χ0v) is 14.4. The highest BCUT2D eigenvalue weighted by Gasteiger charge is 2.40. The molecule has 1 saturated heterocycles. The fraction of sp³-hybridized carbons (Fsp3) is 0.316. The monoisotopic (exact) mass is 356 g/mol. The van der Waals surface area contributed by atoms with Gasteiger partial charge in [0.15, 0.2) is 5.60 Å². The third kappa shape index (κ3) is 3.52. The standard InChI is InChI=1S/C19H20N2O5/c1-26-16-4-2-13(3-5-16)14-10-15(12-20-11-14)17(22)21-8-6-19(25,7-9-21)18(23)24/h2-5,10-12,25H,6-9H2,1H3,(H,23,24). The van der Waals surface area contributed by atoms with Gasteiger partial charge in [-0.2, -0.15) is 0 Å². The summed E-state index contributed by atoms with van der Waals surface area (Å²) < 4.78 is 5.14. The summed E-state index contributed by atoms with van der Waals surface area (Å²) >= 11 is 0. The summed E-state index contributed by atoms with van der Waals surface area (Å²) in [5.74, 6) is -0.721. The van der Waals surface area contributed by atoms with Crippen molar-refractivity contribution in [3.8, 4) is 16.9 Å². The Morgan fingerprint density at radius 2 is 1.77 bits per heavy atom. The Morgan fingerprint density at radius 3 is 2.35 bits per heavy atom. The molecule has 7 nitrogen and oxygen atoms in total. The minimum atomic E-state index is -1.75. The van der Waals surface area contributed by atoms with Gasteiger partial charge in [0.1, 0.15) is 5.75 Å². The second kappa shape index (κ2) is 7.13. The van der Waals surface area contributed by atoms with Crippen LogP contribution in [0.5, 0.6) is 5.75 Å². The number of benzene rings is 1. The first-order chi connectivity index (χ1) is 12.4. The lowest BCUT2D eigenvalue weighted by Gasteiger charge is -2.35. The summed E-state index contributed by atoms with van der Waals surface area (Å²) in [4.78, 5) is 29.5. The van der Waals surface area contributed by atoms with Crippen molar-refractivity contribution in [2.45, 2.75) is 18.4 Å². The number of likely N-dealkylation sites (tertiary alicyclic amines) is 1. The lowest BCUT2D eigenvalue weighted by atomic mass is 9.91. The fourth-order valence-electron chi connectivity index (χ4n) is 2.97. The molecule has 0 atom stereocenters. The molecule has 1 aromatic carbocycles. The van der Waals surface area contributed by atoms with E-state index in [4.69, 9.17) is 9.84 Å². The summed E-state index contributed by atoms with van der Waals surface area (Å²) in [5, 5.41) is 19.1. The van der Waals surface area contributed by atoms with E-state index in [1.807, 2.05) is 24.3 Å². The third-order valence-corrected chi connectivity index (χ3v) is 4.68. The van der Waals surface area contributed by atoms with Crippen LogP contribution in [-0.2, 0) is 4.79 Å². The molecule has 7 heteroatoms. The summed E-state index contributed by atoms with van der Waals surface area (Å²) in [6.45, 7) is 0.378. The van der Waals surface area contributed by atoms with E-state index in [-0.39, 0.29) is 31.8 Å². The van der Waals surface area contributed by atoms with Gasteiger partial charge in [0, 0.05) is 43.9 Å². The summed E-state index contributed by atoms with van der Waals surface area (Å²) in [6.07, 6.45) is 3.20. The van der Waals surface area contributed by atoms with E-state index >= 15 is 0 Å². The number of amides is 1. The molecule has 2 N–H and O–H groups in total. The van der Waals surface area contributed by atoms with E-state index in [2.05, 4.69) is 4.98 Å². The van der Waals surface area contributed by atoms with Crippen LogP contribution in [0, 0.1) is 0 Å². The maximum Gasteiger partial charge on any atom is 0.335 e. The Morgan fingerprint density at radius 1 is 1.12 bits per heavy atom. The average Bonchev–Trinajstić information content (AvgIpc) is 2.68. The van der Waals surface area contributed by atoms with Crippen LogP contribution in [0.2, 0.25) is 0 Å². The van der Waals surface area contributed by atoms with E-state index in [0.717, 1.165) is 16.9 Å². The molecule has 1 aliphatic rings. The van der Waals surface area contributed by atoms with Gasteiger partial charge in [-0.15, -0.1) is 0 Å². The number of carbonyl (C=O) groups excluding carboxylic acids is 1. The van der Waals surface area contributed by atoms with E-state index in [0.29, 0.717) is 5.56 Å². The number of carboxylic acids is 1. The first-order valence-corrected chi connectivity index (χ1v) is 8.27. The topological polar surface area (TPSA) is 100.0 Å². The van der Waals surface area contributed by atoms with Gasteiger partial charge >= 0.3 is 5.97 Å². The number of methoxy groups -OCH3 is 1. The van der Waals surface area contributed by atoms with Gasteiger partial charge in [0.25, 0.3) is 5.91 Å². The van der Waals surface area contributed by atoms with Crippen LogP contribution in [0.1, 0.15) is 23.2 Å². The maximum absolute atomic E-state index is 12.7. The molecule has 2 heterocycles. The summed E-state index contributed by atoms with van der Waals surface area (Å²) in [5.41, 5.74) is 0.392. The van der Waals surface area contributed by atoms with Gasteiger partial charge in [-0.25, -0.2) is 4.79 Å². The molecule has 2 aromatic rings. The molecule has 0 bridgehead atoms. The quantitative estimate of drug-likeness (QED) is 0.867. The van der Waals surface area contributed by atoms with Crippen molar-refractivity contribution in [2.24, 2.45) is 0 Å². The molecule has 1 amide bonds. The van der Waals surface area contributed by atoms with Crippen molar-refractivity contribution in [2.75, 3.05) is 20.2 Å². The van der Waals surface area contributed by atoms with Gasteiger partial charge in [-0.05, 0) is 23.8 Å². The third-order valence-electron chi connectivity index (χ3n) is 4.68. The number of aromatic nitrogens is 1. The lowest BCUT2D eigenvalue weighted by molar-refractivity contribution is -0.162. The number of carboxylic acid groups (broad SMARTS) is 1. The van der Waals surface area contributed by atoms with Crippen LogP contribution >= 0.6 is 0 Å². The Labute approximate surface area is 150 Å². The minimum absolute atomic E-state index is 0.0136. The van der Waals surface area contributed by atoms with E-state index < -0.39 is 11.6 Å². The minimum Gasteiger partial charge on any atom is -0.497 e. The van der Waals surface area contributed by atoms with Crippen LogP contribution in [0.3, 0.4) is 0 Å². The van der Waals surface area contributed by atoms with Crippen molar-refractivity contribution in [3.05, 3.63) is 48.3 Å². The number of hydrogen-bond donors (Lipinski definition) is 2.